The van der Waals surface area contributed by atoms with Gasteiger partial charge in [-0.2, -0.15) is 5.10 Å². The van der Waals surface area contributed by atoms with E-state index < -0.39 is 0 Å². The molecule has 0 radical (unpaired) electrons. The van der Waals surface area contributed by atoms with Gasteiger partial charge in [0.15, 0.2) is 5.78 Å². The van der Waals surface area contributed by atoms with Crippen LogP contribution in [0.3, 0.4) is 0 Å². The van der Waals surface area contributed by atoms with Crippen molar-refractivity contribution in [1.29, 1.82) is 0 Å². The number of nitrogens with zero attached hydrogens (tertiary/aromatic N) is 3. The lowest BCUT2D eigenvalue weighted by Crippen LogP contribution is -2.07. The first-order valence-corrected chi connectivity index (χ1v) is 5.36. The number of ketones is 1. The first-order chi connectivity index (χ1) is 8.19. The van der Waals surface area contributed by atoms with Crippen molar-refractivity contribution in [3.8, 4) is 0 Å². The number of pyridine rings is 1. The van der Waals surface area contributed by atoms with E-state index in [4.69, 9.17) is 5.73 Å². The number of carbonyl (C=O) groups is 1. The van der Waals surface area contributed by atoms with Crippen molar-refractivity contribution in [3.63, 3.8) is 0 Å². The normalized spacial score (nSPS) is 10.5. The molecule has 0 aliphatic heterocycles. The Balaban J connectivity index is 2.14. The first-order valence-electron chi connectivity index (χ1n) is 5.36. The summed E-state index contributed by atoms with van der Waals surface area (Å²) in [6.45, 7) is 0.338. The minimum atomic E-state index is 0.0285. The van der Waals surface area contributed by atoms with Crippen molar-refractivity contribution >= 4 is 5.78 Å². The quantitative estimate of drug-likeness (QED) is 0.784. The van der Waals surface area contributed by atoms with E-state index in [0.29, 0.717) is 18.5 Å². The molecule has 2 rings (SSSR count). The number of rotatable bonds is 4. The number of nitrogens with two attached hydrogens (primary N) is 1. The minimum absolute atomic E-state index is 0.0285. The lowest BCUT2D eigenvalue weighted by molar-refractivity contribution is 0.0991. The molecule has 2 aromatic heterocycles. The lowest BCUT2D eigenvalue weighted by Gasteiger charge is -2.01. The number of aromatic nitrogens is 3. The molecule has 88 valence electrons. The van der Waals surface area contributed by atoms with Gasteiger partial charge in [-0.15, -0.1) is 0 Å². The SMILES string of the molecule is Cn1ccc(CC(=O)c2ccnc(CN)c2)n1. The second-order valence-corrected chi connectivity index (χ2v) is 3.82. The Labute approximate surface area is 99.3 Å². The van der Waals surface area contributed by atoms with Gasteiger partial charge in [-0.05, 0) is 18.2 Å². The van der Waals surface area contributed by atoms with Crippen molar-refractivity contribution in [2.24, 2.45) is 12.8 Å². The standard InChI is InChI=1S/C12H14N4O/c1-16-5-3-10(15-16)7-12(17)9-2-4-14-11(6-9)8-13/h2-6H,7-8,13H2,1H3. The minimum Gasteiger partial charge on any atom is -0.325 e. The second kappa shape index (κ2) is 4.88. The molecule has 0 fully saturated rings. The fourth-order valence-electron chi connectivity index (χ4n) is 1.59. The summed E-state index contributed by atoms with van der Waals surface area (Å²) >= 11 is 0. The molecule has 0 unspecified atom stereocenters. The summed E-state index contributed by atoms with van der Waals surface area (Å²) in [6, 6.07) is 5.26. The smallest absolute Gasteiger partial charge is 0.169 e. The third-order valence-corrected chi connectivity index (χ3v) is 2.46. The summed E-state index contributed by atoms with van der Waals surface area (Å²) < 4.78 is 1.68. The van der Waals surface area contributed by atoms with Crippen molar-refractivity contribution in [2.75, 3.05) is 0 Å². The highest BCUT2D eigenvalue weighted by molar-refractivity contribution is 5.97. The molecule has 2 aromatic rings. The van der Waals surface area contributed by atoms with Gasteiger partial charge in [0.25, 0.3) is 0 Å². The third-order valence-electron chi connectivity index (χ3n) is 2.46. The molecule has 2 N–H and O–H groups in total. The van der Waals surface area contributed by atoms with Gasteiger partial charge in [0.1, 0.15) is 0 Å². The summed E-state index contributed by atoms with van der Waals surface area (Å²) in [7, 11) is 1.83. The van der Waals surface area contributed by atoms with E-state index in [1.807, 2.05) is 19.3 Å². The Bertz CT molecular complexity index is 533. The van der Waals surface area contributed by atoms with Crippen LogP contribution in [-0.4, -0.2) is 20.5 Å². The Kier molecular flexibility index (Phi) is 3.30. The molecular weight excluding hydrogens is 216 g/mol. The number of hydrogen-bond acceptors (Lipinski definition) is 4. The molecule has 5 heteroatoms. The number of hydrogen-bond donors (Lipinski definition) is 1. The van der Waals surface area contributed by atoms with Crippen LogP contribution in [0.15, 0.2) is 30.6 Å². The van der Waals surface area contributed by atoms with Crippen LogP contribution in [0.4, 0.5) is 0 Å². The van der Waals surface area contributed by atoms with Gasteiger partial charge in [0.05, 0.1) is 17.8 Å². The number of carbonyl (C=O) groups excluding carboxylic acids is 1. The van der Waals surface area contributed by atoms with E-state index in [-0.39, 0.29) is 5.78 Å². The summed E-state index contributed by atoms with van der Waals surface area (Å²) in [6.07, 6.45) is 3.73. The molecule has 0 saturated carbocycles. The van der Waals surface area contributed by atoms with E-state index in [0.717, 1.165) is 11.4 Å². The van der Waals surface area contributed by atoms with Crippen LogP contribution in [0.2, 0.25) is 0 Å². The average molecular weight is 230 g/mol. The predicted octanol–water partition coefficient (Wildman–Crippen LogP) is 0.699. The fourth-order valence-corrected chi connectivity index (χ4v) is 1.59. The molecule has 0 bridgehead atoms. The van der Waals surface area contributed by atoms with Crippen LogP contribution in [0.5, 0.6) is 0 Å². The summed E-state index contributed by atoms with van der Waals surface area (Å²) in [5, 5.41) is 4.17. The van der Waals surface area contributed by atoms with E-state index in [1.54, 1.807) is 23.0 Å². The maximum atomic E-state index is 12.0. The van der Waals surface area contributed by atoms with Gasteiger partial charge in [-0.1, -0.05) is 0 Å². The van der Waals surface area contributed by atoms with Crippen molar-refractivity contribution in [2.45, 2.75) is 13.0 Å². The van der Waals surface area contributed by atoms with Gasteiger partial charge in [0.2, 0.25) is 0 Å². The largest absolute Gasteiger partial charge is 0.325 e. The summed E-state index contributed by atoms with van der Waals surface area (Å²) in [5.41, 5.74) is 7.60. The number of aryl methyl sites for hydroxylation is 1. The average Bonchev–Trinajstić information content (AvgIpc) is 2.75. The van der Waals surface area contributed by atoms with Crippen LogP contribution in [-0.2, 0) is 20.0 Å². The van der Waals surface area contributed by atoms with Crippen LogP contribution in [0.1, 0.15) is 21.7 Å². The molecule has 0 aliphatic rings. The Hall–Kier alpha value is -2.01. The fraction of sp³-hybridized carbons (Fsp3) is 0.250. The monoisotopic (exact) mass is 230 g/mol. The highest BCUT2D eigenvalue weighted by Crippen LogP contribution is 2.06. The van der Waals surface area contributed by atoms with E-state index in [1.165, 1.54) is 0 Å². The zero-order valence-electron chi connectivity index (χ0n) is 9.63. The Morgan fingerprint density at radius 3 is 2.88 bits per heavy atom. The van der Waals surface area contributed by atoms with E-state index in [2.05, 4.69) is 10.1 Å². The molecule has 0 atom stereocenters. The molecule has 0 aromatic carbocycles. The Morgan fingerprint density at radius 1 is 1.41 bits per heavy atom. The number of Topliss-reactive ketones (excluding diaryl/α,β-unsaturated/α-hetero) is 1. The highest BCUT2D eigenvalue weighted by atomic mass is 16.1. The summed E-state index contributed by atoms with van der Waals surface area (Å²) in [5.74, 6) is 0.0285. The molecule has 0 saturated heterocycles. The molecule has 0 aliphatic carbocycles. The lowest BCUT2D eigenvalue weighted by atomic mass is 10.1. The topological polar surface area (TPSA) is 73.8 Å². The van der Waals surface area contributed by atoms with Gasteiger partial charge in [0, 0.05) is 31.5 Å². The molecule has 17 heavy (non-hydrogen) atoms. The summed E-state index contributed by atoms with van der Waals surface area (Å²) in [4.78, 5) is 16.0. The van der Waals surface area contributed by atoms with Crippen LogP contribution >= 0.6 is 0 Å². The van der Waals surface area contributed by atoms with Crippen LogP contribution in [0.25, 0.3) is 0 Å². The first kappa shape index (κ1) is 11.5. The van der Waals surface area contributed by atoms with Crippen LogP contribution < -0.4 is 5.73 Å². The zero-order chi connectivity index (χ0) is 12.3. The van der Waals surface area contributed by atoms with E-state index >= 15 is 0 Å². The zero-order valence-corrected chi connectivity index (χ0v) is 9.63. The van der Waals surface area contributed by atoms with Gasteiger partial charge >= 0.3 is 0 Å². The van der Waals surface area contributed by atoms with Crippen molar-refractivity contribution < 1.29 is 4.79 Å². The predicted molar refractivity (Wildman–Crippen MR) is 63.4 cm³/mol. The second-order valence-electron chi connectivity index (χ2n) is 3.82. The molecule has 0 amide bonds. The van der Waals surface area contributed by atoms with Crippen molar-refractivity contribution in [3.05, 3.63) is 47.5 Å². The molecule has 5 nitrogen and oxygen atoms in total. The molecule has 2 heterocycles. The molecular formula is C12H14N4O. The van der Waals surface area contributed by atoms with Crippen molar-refractivity contribution in [1.82, 2.24) is 14.8 Å². The highest BCUT2D eigenvalue weighted by Gasteiger charge is 2.09. The van der Waals surface area contributed by atoms with Gasteiger partial charge in [-0.25, -0.2) is 0 Å². The third kappa shape index (κ3) is 2.76. The maximum Gasteiger partial charge on any atom is 0.169 e. The maximum absolute atomic E-state index is 12.0. The van der Waals surface area contributed by atoms with Gasteiger partial charge < -0.3 is 5.73 Å². The van der Waals surface area contributed by atoms with Crippen LogP contribution in [0, 0.1) is 0 Å². The molecule has 0 spiro atoms. The Morgan fingerprint density at radius 2 is 2.24 bits per heavy atom. The van der Waals surface area contributed by atoms with Gasteiger partial charge in [-0.3, -0.25) is 14.5 Å². The van der Waals surface area contributed by atoms with E-state index in [9.17, 15) is 4.79 Å².